The summed E-state index contributed by atoms with van der Waals surface area (Å²) in [5.74, 6) is -1.07. The van der Waals surface area contributed by atoms with E-state index in [0.717, 1.165) is 31.9 Å². The van der Waals surface area contributed by atoms with Crippen LogP contribution in [0.3, 0.4) is 0 Å². The summed E-state index contributed by atoms with van der Waals surface area (Å²) in [6.07, 6.45) is 0. The summed E-state index contributed by atoms with van der Waals surface area (Å²) in [4.78, 5) is 17.7. The highest BCUT2D eigenvalue weighted by molar-refractivity contribution is 6.33. The van der Waals surface area contributed by atoms with Gasteiger partial charge < -0.3 is 20.0 Å². The summed E-state index contributed by atoms with van der Waals surface area (Å²) >= 11 is 6.06. The second-order valence-corrected chi connectivity index (χ2v) is 8.37. The second-order valence-electron chi connectivity index (χ2n) is 7.96. The van der Waals surface area contributed by atoms with E-state index in [9.17, 15) is 9.18 Å². The number of carbonyl (C=O) groups is 1. The van der Waals surface area contributed by atoms with Crippen molar-refractivity contribution in [1.29, 1.82) is 0 Å². The average Bonchev–Trinajstić information content (AvgIpc) is 2.69. The molecule has 3 N–H and O–H groups in total. The minimum Gasteiger partial charge on any atom is -0.378 e. The molecular formula is C22H30ClFN4O+2. The van der Waals surface area contributed by atoms with Crippen molar-refractivity contribution in [1.82, 2.24) is 5.32 Å². The van der Waals surface area contributed by atoms with Gasteiger partial charge in [-0.05, 0) is 24.3 Å². The molecule has 0 unspecified atom stereocenters. The van der Waals surface area contributed by atoms with Gasteiger partial charge in [0.25, 0.3) is 5.91 Å². The molecule has 0 aromatic heterocycles. The number of benzene rings is 2. The topological polar surface area (TPSA) is 41.2 Å². The van der Waals surface area contributed by atoms with Gasteiger partial charge in [-0.1, -0.05) is 29.8 Å². The van der Waals surface area contributed by atoms with E-state index in [0.29, 0.717) is 6.54 Å². The van der Waals surface area contributed by atoms with Crippen molar-refractivity contribution in [3.05, 3.63) is 64.4 Å². The van der Waals surface area contributed by atoms with E-state index < -0.39 is 11.7 Å². The van der Waals surface area contributed by atoms with Gasteiger partial charge in [-0.3, -0.25) is 4.79 Å². The number of likely N-dealkylation sites (N-methyl/N-ethyl adjacent to an activating group) is 1. The van der Waals surface area contributed by atoms with Crippen LogP contribution in [0, 0.1) is 5.82 Å². The van der Waals surface area contributed by atoms with Crippen molar-refractivity contribution in [3.63, 3.8) is 0 Å². The van der Waals surface area contributed by atoms with E-state index in [1.807, 2.05) is 14.1 Å². The van der Waals surface area contributed by atoms with Crippen LogP contribution in [0.4, 0.5) is 10.1 Å². The highest BCUT2D eigenvalue weighted by Gasteiger charge is 2.30. The van der Waals surface area contributed by atoms with Crippen LogP contribution < -0.4 is 20.0 Å². The Morgan fingerprint density at radius 1 is 1.14 bits per heavy atom. The fourth-order valence-electron chi connectivity index (χ4n) is 3.85. The molecule has 0 bridgehead atoms. The van der Waals surface area contributed by atoms with Gasteiger partial charge in [-0.25, -0.2) is 4.39 Å². The number of halogens is 2. The largest absolute Gasteiger partial charge is 0.378 e. The fraction of sp³-hybridized carbons (Fsp3) is 0.409. The van der Waals surface area contributed by atoms with Crippen molar-refractivity contribution in [2.45, 2.75) is 6.04 Å². The predicted octanol–water partition coefficient (Wildman–Crippen LogP) is 0.429. The normalized spacial score (nSPS) is 20.2. The Morgan fingerprint density at radius 3 is 2.38 bits per heavy atom. The van der Waals surface area contributed by atoms with Crippen molar-refractivity contribution in [2.24, 2.45) is 0 Å². The molecule has 2 aromatic rings. The van der Waals surface area contributed by atoms with Gasteiger partial charge in [0.05, 0.1) is 24.2 Å². The van der Waals surface area contributed by atoms with Gasteiger partial charge in [0.15, 0.2) is 0 Å². The molecule has 7 heteroatoms. The van der Waals surface area contributed by atoms with E-state index >= 15 is 0 Å². The second kappa shape index (κ2) is 9.57. The summed E-state index contributed by atoms with van der Waals surface area (Å²) < 4.78 is 14.1. The lowest BCUT2D eigenvalue weighted by atomic mass is 10.0. The molecule has 0 saturated carbocycles. The molecule has 1 saturated heterocycles. The summed E-state index contributed by atoms with van der Waals surface area (Å²) in [7, 11) is 6.23. The molecule has 3 rings (SSSR count). The molecule has 156 valence electrons. The van der Waals surface area contributed by atoms with Gasteiger partial charge in [-0.2, -0.15) is 0 Å². The van der Waals surface area contributed by atoms with Crippen LogP contribution >= 0.6 is 11.6 Å². The van der Waals surface area contributed by atoms with Gasteiger partial charge in [0, 0.05) is 25.3 Å². The van der Waals surface area contributed by atoms with Crippen molar-refractivity contribution >= 4 is 23.2 Å². The molecule has 0 spiro atoms. The standard InChI is InChI=1S/C22H28ClFN4O/c1-26(2)17-9-7-16(8-10-17)20(28-13-11-27(3)12-14-28)15-25-22(29)21-18(23)5-4-6-19(21)24/h4-10,20H,11-15H2,1-3H3,(H,25,29)/p+2/t20-/m0/s1. The number of nitrogens with one attached hydrogen (secondary N) is 3. The molecule has 1 aliphatic rings. The van der Waals surface area contributed by atoms with Crippen molar-refractivity contribution in [2.75, 3.05) is 58.8 Å². The Balaban J connectivity index is 1.78. The van der Waals surface area contributed by atoms with Gasteiger partial charge in [0.2, 0.25) is 0 Å². The maximum absolute atomic E-state index is 14.1. The Morgan fingerprint density at radius 2 is 1.79 bits per heavy atom. The molecule has 0 aliphatic carbocycles. The number of quaternary nitrogens is 2. The molecule has 2 aromatic carbocycles. The monoisotopic (exact) mass is 420 g/mol. The lowest BCUT2D eigenvalue weighted by molar-refractivity contribution is -1.02. The lowest BCUT2D eigenvalue weighted by Crippen LogP contribution is -3.27. The number of nitrogens with zero attached hydrogens (tertiary/aromatic N) is 1. The van der Waals surface area contributed by atoms with Crippen LogP contribution in [0.2, 0.25) is 5.02 Å². The first-order valence-corrected chi connectivity index (χ1v) is 10.4. The quantitative estimate of drug-likeness (QED) is 0.634. The number of hydrogen-bond donors (Lipinski definition) is 3. The van der Waals surface area contributed by atoms with E-state index in [2.05, 4.69) is 41.5 Å². The number of hydrogen-bond acceptors (Lipinski definition) is 2. The molecule has 5 nitrogen and oxygen atoms in total. The van der Waals surface area contributed by atoms with Crippen LogP contribution in [0.25, 0.3) is 0 Å². The van der Waals surface area contributed by atoms with Crippen LogP contribution in [0.15, 0.2) is 42.5 Å². The molecule has 0 radical (unpaired) electrons. The summed E-state index contributed by atoms with van der Waals surface area (Å²) in [5, 5.41) is 3.05. The number of anilines is 1. The van der Waals surface area contributed by atoms with E-state index in [4.69, 9.17) is 11.6 Å². The Labute approximate surface area is 177 Å². The highest BCUT2D eigenvalue weighted by Crippen LogP contribution is 2.20. The third kappa shape index (κ3) is 5.26. The Hall–Kier alpha value is -2.15. The SMILES string of the molecule is CN(C)c1ccc([C@H](CNC(=O)c2c(F)cccc2Cl)[NH+]2CC[NH+](C)CC2)cc1. The molecule has 1 fully saturated rings. The number of rotatable bonds is 6. The van der Waals surface area contributed by atoms with Gasteiger partial charge >= 0.3 is 0 Å². The third-order valence-electron chi connectivity index (χ3n) is 5.71. The van der Waals surface area contributed by atoms with Crippen molar-refractivity contribution < 1.29 is 19.0 Å². The van der Waals surface area contributed by atoms with Gasteiger partial charge in [-0.15, -0.1) is 0 Å². The third-order valence-corrected chi connectivity index (χ3v) is 6.02. The molecule has 1 amide bonds. The maximum atomic E-state index is 14.1. The zero-order valence-corrected chi connectivity index (χ0v) is 18.0. The molecular weight excluding hydrogens is 391 g/mol. The number of piperazine rings is 1. The Kier molecular flexibility index (Phi) is 7.11. The minimum absolute atomic E-state index is 0.0892. The van der Waals surface area contributed by atoms with Crippen LogP contribution in [-0.4, -0.2) is 59.8 Å². The smallest absolute Gasteiger partial charge is 0.256 e. The minimum atomic E-state index is -0.600. The summed E-state index contributed by atoms with van der Waals surface area (Å²) in [6, 6.07) is 12.8. The molecule has 1 heterocycles. The maximum Gasteiger partial charge on any atom is 0.256 e. The van der Waals surface area contributed by atoms with E-state index in [-0.39, 0.29) is 16.6 Å². The summed E-state index contributed by atoms with van der Waals surface area (Å²) in [6.45, 7) is 4.67. The first kappa shape index (κ1) is 21.6. The van der Waals surface area contributed by atoms with Crippen LogP contribution in [0.1, 0.15) is 22.0 Å². The van der Waals surface area contributed by atoms with E-state index in [1.54, 1.807) is 0 Å². The lowest BCUT2D eigenvalue weighted by Gasteiger charge is -2.33. The highest BCUT2D eigenvalue weighted by atomic mass is 35.5. The van der Waals surface area contributed by atoms with Gasteiger partial charge in [0.1, 0.15) is 38.0 Å². The Bertz CT molecular complexity index is 815. The molecule has 1 atom stereocenters. The molecule has 1 aliphatic heterocycles. The molecule has 29 heavy (non-hydrogen) atoms. The fourth-order valence-corrected chi connectivity index (χ4v) is 4.10. The average molecular weight is 421 g/mol. The zero-order valence-electron chi connectivity index (χ0n) is 17.3. The first-order chi connectivity index (χ1) is 13.9. The van der Waals surface area contributed by atoms with Crippen molar-refractivity contribution in [3.8, 4) is 0 Å². The summed E-state index contributed by atoms with van der Waals surface area (Å²) in [5.41, 5.74) is 2.21. The zero-order chi connectivity index (χ0) is 21.0. The van der Waals surface area contributed by atoms with Crippen LogP contribution in [-0.2, 0) is 0 Å². The number of carbonyl (C=O) groups excluding carboxylic acids is 1. The predicted molar refractivity (Wildman–Crippen MR) is 115 cm³/mol. The number of amides is 1. The first-order valence-electron chi connectivity index (χ1n) is 10.0. The van der Waals surface area contributed by atoms with E-state index in [1.165, 1.54) is 33.6 Å². The van der Waals surface area contributed by atoms with Crippen LogP contribution in [0.5, 0.6) is 0 Å².